The molecule has 0 fully saturated rings. The van der Waals surface area contributed by atoms with E-state index in [1.54, 1.807) is 6.92 Å². The molecule has 23 heavy (non-hydrogen) atoms. The van der Waals surface area contributed by atoms with Gasteiger partial charge >= 0.3 is 0 Å². The highest BCUT2D eigenvalue weighted by Crippen LogP contribution is 2.20. The lowest BCUT2D eigenvalue weighted by molar-refractivity contribution is 0.281. The minimum atomic E-state index is 0.0186. The van der Waals surface area contributed by atoms with E-state index in [4.69, 9.17) is 9.15 Å². The molecular weight excluding hydrogens is 288 g/mol. The number of unbranched alkanes of at least 4 members (excludes halogenated alkanes) is 5. The lowest BCUT2D eigenvalue weighted by Gasteiger charge is -2.08. The summed E-state index contributed by atoms with van der Waals surface area (Å²) in [4.78, 5) is 12.2. The minimum Gasteiger partial charge on any atom is -0.468 e. The molecule has 0 aliphatic heterocycles. The molecule has 3 nitrogen and oxygen atoms in total. The summed E-state index contributed by atoms with van der Waals surface area (Å²) in [7, 11) is 1.53. The van der Waals surface area contributed by atoms with Crippen LogP contribution in [0.15, 0.2) is 20.9 Å². The van der Waals surface area contributed by atoms with Crippen LogP contribution in [0, 0.1) is 13.8 Å². The normalized spacial score (nSPS) is 11.8. The van der Waals surface area contributed by atoms with Gasteiger partial charge in [0.15, 0.2) is 5.43 Å². The van der Waals surface area contributed by atoms with Crippen molar-refractivity contribution >= 4 is 0 Å². The highest BCUT2D eigenvalue weighted by Gasteiger charge is 2.13. The van der Waals surface area contributed by atoms with Crippen LogP contribution in [-0.4, -0.2) is 7.11 Å². The zero-order chi connectivity index (χ0) is 17.2. The van der Waals surface area contributed by atoms with Gasteiger partial charge in [-0.1, -0.05) is 50.7 Å². The number of ether oxygens (including phenoxy) is 1. The second-order valence-electron chi connectivity index (χ2n) is 6.37. The molecule has 0 N–H and O–H groups in total. The van der Waals surface area contributed by atoms with E-state index in [1.807, 2.05) is 6.92 Å². The van der Waals surface area contributed by atoms with E-state index in [1.165, 1.54) is 51.2 Å². The quantitative estimate of drug-likeness (QED) is 0.422. The molecular formula is C20H32O3. The Kier molecular flexibility index (Phi) is 8.75. The van der Waals surface area contributed by atoms with E-state index >= 15 is 0 Å². The van der Waals surface area contributed by atoms with E-state index in [0.29, 0.717) is 29.3 Å². The Bertz CT molecular complexity index is 567. The van der Waals surface area contributed by atoms with E-state index in [0.717, 1.165) is 6.42 Å². The Morgan fingerprint density at radius 3 is 2.39 bits per heavy atom. The fourth-order valence-electron chi connectivity index (χ4n) is 2.71. The molecule has 0 unspecified atom stereocenters. The molecule has 0 spiro atoms. The molecule has 1 aromatic heterocycles. The Morgan fingerprint density at radius 1 is 1.09 bits per heavy atom. The van der Waals surface area contributed by atoms with E-state index in [9.17, 15) is 4.79 Å². The Morgan fingerprint density at radius 2 is 1.74 bits per heavy atom. The van der Waals surface area contributed by atoms with Gasteiger partial charge in [0.1, 0.15) is 5.76 Å². The molecule has 0 radical (unpaired) electrons. The number of hydrogen-bond acceptors (Lipinski definition) is 3. The Balaban J connectivity index is 2.56. The average molecular weight is 320 g/mol. The Labute approximate surface area is 140 Å². The first-order valence-electron chi connectivity index (χ1n) is 8.84. The van der Waals surface area contributed by atoms with Crippen molar-refractivity contribution < 1.29 is 9.15 Å². The van der Waals surface area contributed by atoms with Gasteiger partial charge in [-0.25, -0.2) is 0 Å². The molecule has 0 amide bonds. The first-order chi connectivity index (χ1) is 11.0. The van der Waals surface area contributed by atoms with Gasteiger partial charge in [0.2, 0.25) is 0 Å². The summed E-state index contributed by atoms with van der Waals surface area (Å²) >= 11 is 0. The highest BCUT2D eigenvalue weighted by molar-refractivity contribution is 5.30. The van der Waals surface area contributed by atoms with Crippen molar-refractivity contribution in [2.75, 3.05) is 7.11 Å². The molecule has 0 saturated heterocycles. The Hall–Kier alpha value is -1.51. The summed E-state index contributed by atoms with van der Waals surface area (Å²) in [6, 6.07) is 0. The zero-order valence-corrected chi connectivity index (χ0v) is 15.5. The fraction of sp³-hybridized carbons (Fsp3) is 0.650. The molecule has 0 bridgehead atoms. The third-order valence-corrected chi connectivity index (χ3v) is 4.37. The number of rotatable bonds is 10. The maximum absolute atomic E-state index is 12.2. The zero-order valence-electron chi connectivity index (χ0n) is 15.5. The van der Waals surface area contributed by atoms with E-state index < -0.39 is 0 Å². The third kappa shape index (κ3) is 6.25. The van der Waals surface area contributed by atoms with Crippen LogP contribution in [-0.2, 0) is 6.42 Å². The van der Waals surface area contributed by atoms with Crippen LogP contribution in [0.1, 0.15) is 75.7 Å². The van der Waals surface area contributed by atoms with Gasteiger partial charge in [-0.2, -0.15) is 0 Å². The van der Waals surface area contributed by atoms with Crippen molar-refractivity contribution in [1.29, 1.82) is 0 Å². The van der Waals surface area contributed by atoms with Crippen LogP contribution < -0.4 is 10.2 Å². The summed E-state index contributed by atoms with van der Waals surface area (Å²) < 4.78 is 10.9. The SMILES string of the molecule is CCCCCCCC/C(C)=C/Cc1oc(OC)c(C)c(=O)c1C. The molecule has 130 valence electrons. The highest BCUT2D eigenvalue weighted by atomic mass is 16.6. The van der Waals surface area contributed by atoms with Gasteiger partial charge in [0, 0.05) is 12.0 Å². The van der Waals surface area contributed by atoms with Crippen LogP contribution in [0.25, 0.3) is 0 Å². The average Bonchev–Trinajstić information content (AvgIpc) is 2.55. The van der Waals surface area contributed by atoms with Crippen LogP contribution in [0.4, 0.5) is 0 Å². The first kappa shape index (κ1) is 19.5. The number of allylic oxidation sites excluding steroid dienone is 2. The fourth-order valence-corrected chi connectivity index (χ4v) is 2.71. The summed E-state index contributed by atoms with van der Waals surface area (Å²) in [5, 5.41) is 0. The van der Waals surface area contributed by atoms with Crippen molar-refractivity contribution in [2.24, 2.45) is 0 Å². The van der Waals surface area contributed by atoms with Gasteiger partial charge < -0.3 is 9.15 Å². The summed E-state index contributed by atoms with van der Waals surface area (Å²) in [5.74, 6) is 1.04. The first-order valence-corrected chi connectivity index (χ1v) is 8.84. The molecule has 1 heterocycles. The minimum absolute atomic E-state index is 0.0186. The third-order valence-electron chi connectivity index (χ3n) is 4.37. The topological polar surface area (TPSA) is 39.4 Å². The molecule has 0 aliphatic carbocycles. The molecule has 3 heteroatoms. The maximum Gasteiger partial charge on any atom is 0.291 e. The van der Waals surface area contributed by atoms with Crippen molar-refractivity contribution in [3.8, 4) is 5.95 Å². The smallest absolute Gasteiger partial charge is 0.291 e. The van der Waals surface area contributed by atoms with Crippen LogP contribution in [0.5, 0.6) is 5.95 Å². The molecule has 0 aliphatic rings. The summed E-state index contributed by atoms with van der Waals surface area (Å²) in [6.45, 7) is 7.96. The predicted molar refractivity (Wildman–Crippen MR) is 96.5 cm³/mol. The molecule has 0 saturated carbocycles. The number of methoxy groups -OCH3 is 1. The van der Waals surface area contributed by atoms with E-state index in [2.05, 4.69) is 19.9 Å². The van der Waals surface area contributed by atoms with E-state index in [-0.39, 0.29) is 5.43 Å². The lowest BCUT2D eigenvalue weighted by atomic mass is 10.0. The van der Waals surface area contributed by atoms with Gasteiger partial charge in [-0.05, 0) is 33.6 Å². The maximum atomic E-state index is 12.2. The molecule has 1 rings (SSSR count). The monoisotopic (exact) mass is 320 g/mol. The summed E-state index contributed by atoms with van der Waals surface area (Å²) in [6.07, 6.45) is 11.8. The summed E-state index contributed by atoms with van der Waals surface area (Å²) in [5.41, 5.74) is 2.61. The van der Waals surface area contributed by atoms with Crippen LogP contribution in [0.2, 0.25) is 0 Å². The predicted octanol–water partition coefficient (Wildman–Crippen LogP) is 5.50. The van der Waals surface area contributed by atoms with Gasteiger partial charge in [-0.3, -0.25) is 4.79 Å². The van der Waals surface area contributed by atoms with Gasteiger partial charge in [0.25, 0.3) is 5.95 Å². The number of hydrogen-bond donors (Lipinski definition) is 0. The van der Waals surface area contributed by atoms with Crippen LogP contribution >= 0.6 is 0 Å². The van der Waals surface area contributed by atoms with Crippen LogP contribution in [0.3, 0.4) is 0 Å². The standard InChI is InChI=1S/C20H32O3/c1-6-7-8-9-10-11-12-15(2)13-14-18-16(3)19(21)17(4)20(22-5)23-18/h13H,6-12,14H2,1-5H3/b15-13+. The van der Waals surface area contributed by atoms with Crippen molar-refractivity contribution in [3.05, 3.63) is 38.8 Å². The largest absolute Gasteiger partial charge is 0.468 e. The van der Waals surface area contributed by atoms with Gasteiger partial charge in [-0.15, -0.1) is 0 Å². The lowest BCUT2D eigenvalue weighted by Crippen LogP contribution is -2.13. The second kappa shape index (κ2) is 10.3. The second-order valence-corrected chi connectivity index (χ2v) is 6.37. The van der Waals surface area contributed by atoms with Gasteiger partial charge in [0.05, 0.1) is 12.7 Å². The molecule has 0 aromatic carbocycles. The van der Waals surface area contributed by atoms with Crippen molar-refractivity contribution in [1.82, 2.24) is 0 Å². The molecule has 1 aromatic rings. The molecule has 0 atom stereocenters. The van der Waals surface area contributed by atoms with Crippen molar-refractivity contribution in [2.45, 2.75) is 79.1 Å². The van der Waals surface area contributed by atoms with Crippen molar-refractivity contribution in [3.63, 3.8) is 0 Å².